The number of hydrogen-bond donors (Lipinski definition) is 0. The van der Waals surface area contributed by atoms with Gasteiger partial charge in [0.1, 0.15) is 5.52 Å². The summed E-state index contributed by atoms with van der Waals surface area (Å²) in [5.41, 5.74) is 1.67. The van der Waals surface area contributed by atoms with Crippen molar-refractivity contribution in [3.05, 3.63) is 30.7 Å². The molecule has 0 spiro atoms. The van der Waals surface area contributed by atoms with Crippen molar-refractivity contribution in [2.45, 2.75) is 0 Å². The number of benzene rings is 1. The third-order valence-electron chi connectivity index (χ3n) is 1.17. The van der Waals surface area contributed by atoms with E-state index in [-0.39, 0.29) is 1.43 Å². The van der Waals surface area contributed by atoms with Crippen LogP contribution in [-0.2, 0) is 0 Å². The molecule has 1 heterocycles. The molecule has 0 unspecified atom stereocenters. The summed E-state index contributed by atoms with van der Waals surface area (Å²) in [6, 6.07) is 8.32. The molecule has 0 fully saturated rings. The lowest BCUT2D eigenvalue weighted by Crippen LogP contribution is -1.62. The summed E-state index contributed by atoms with van der Waals surface area (Å²) in [5.74, 6) is 0. The zero-order valence-corrected chi connectivity index (χ0v) is 4.66. The van der Waals surface area contributed by atoms with Gasteiger partial charge in [-0.2, -0.15) is 0 Å². The minimum absolute atomic E-state index is 0. The number of oxazole rings is 1. The van der Waals surface area contributed by atoms with Crippen molar-refractivity contribution in [2.24, 2.45) is 0 Å². The monoisotopic (exact) mass is 119 g/mol. The molecule has 2 nitrogen and oxygen atoms in total. The molecule has 2 rings (SSSR count). The van der Waals surface area contributed by atoms with E-state index in [4.69, 9.17) is 4.42 Å². The zero-order valence-electron chi connectivity index (χ0n) is 5.66. The predicted octanol–water partition coefficient (Wildman–Crippen LogP) is 1.74. The van der Waals surface area contributed by atoms with E-state index in [1.54, 1.807) is 12.1 Å². The van der Waals surface area contributed by atoms with Crippen LogP contribution in [-0.4, -0.2) is 4.98 Å². The Kier molecular flexibility index (Phi) is 0.803. The molecule has 0 bridgehead atoms. The Labute approximate surface area is 53.6 Å². The lowest BCUT2D eigenvalue weighted by molar-refractivity contribution is 0.602. The first-order valence-corrected chi connectivity index (χ1v) is 2.66. The summed E-state index contributed by atoms with van der Waals surface area (Å²) in [7, 11) is 0. The second kappa shape index (κ2) is 1.58. The molecular formula is C7H5NO+. The zero-order chi connectivity index (χ0) is 6.10. The average molecular weight is 119 g/mol. The maximum atomic E-state index is 4.99. The molecule has 0 aliphatic carbocycles. The highest BCUT2D eigenvalue weighted by Crippen LogP contribution is 2.08. The van der Waals surface area contributed by atoms with Crippen molar-refractivity contribution in [1.82, 2.24) is 4.98 Å². The van der Waals surface area contributed by atoms with E-state index in [9.17, 15) is 0 Å². The quantitative estimate of drug-likeness (QED) is 0.528. The molecule has 0 aliphatic heterocycles. The molecule has 0 N–H and O–H groups in total. The van der Waals surface area contributed by atoms with Gasteiger partial charge in [0.05, 0.1) is 0 Å². The minimum atomic E-state index is 0. The van der Waals surface area contributed by atoms with Gasteiger partial charge < -0.3 is 4.42 Å². The fourth-order valence-electron chi connectivity index (χ4n) is 0.748. The highest BCUT2D eigenvalue weighted by atomic mass is 16.3. The van der Waals surface area contributed by atoms with Crippen LogP contribution in [0.1, 0.15) is 1.43 Å². The second-order valence-corrected chi connectivity index (χ2v) is 1.75. The van der Waals surface area contributed by atoms with Crippen molar-refractivity contribution in [1.29, 1.82) is 0 Å². The van der Waals surface area contributed by atoms with Gasteiger partial charge in [-0.25, -0.2) is 4.98 Å². The molecule has 9 heavy (non-hydrogen) atoms. The Morgan fingerprint density at radius 1 is 1.67 bits per heavy atom. The van der Waals surface area contributed by atoms with E-state index in [0.29, 0.717) is 0 Å². The standard InChI is InChI=1S/C7H4NO/c1-2-4-7-6(3-1)8-5-9-7/h2-5H/p+1. The fraction of sp³-hybridized carbons (Fsp3) is 0. The average Bonchev–Trinajstić information content (AvgIpc) is 2.33. The summed E-state index contributed by atoms with van der Waals surface area (Å²) < 4.78 is 4.99. The van der Waals surface area contributed by atoms with Crippen LogP contribution in [0.15, 0.2) is 29.0 Å². The summed E-state index contributed by atoms with van der Waals surface area (Å²) in [6.45, 7) is 0. The van der Waals surface area contributed by atoms with Gasteiger partial charge in [-0.05, 0) is 18.2 Å². The van der Waals surface area contributed by atoms with E-state index in [0.717, 1.165) is 11.1 Å². The minimum Gasteiger partial charge on any atom is -0.443 e. The summed E-state index contributed by atoms with van der Waals surface area (Å²) >= 11 is 0. The molecule has 1 radical (unpaired) electrons. The molecule has 1 aromatic heterocycles. The van der Waals surface area contributed by atoms with Crippen LogP contribution in [0.5, 0.6) is 0 Å². The molecule has 0 saturated heterocycles. The third-order valence-corrected chi connectivity index (χ3v) is 1.17. The van der Waals surface area contributed by atoms with E-state index < -0.39 is 0 Å². The normalized spacial score (nSPS) is 10.2. The number of rotatable bonds is 0. The van der Waals surface area contributed by atoms with Gasteiger partial charge >= 0.3 is 1.43 Å². The van der Waals surface area contributed by atoms with Gasteiger partial charge in [-0.15, -0.1) is 0 Å². The number of fused-ring (bicyclic) bond motifs is 1. The smallest absolute Gasteiger partial charge is 0.443 e. The maximum Gasteiger partial charge on any atom is 1.00 e. The van der Waals surface area contributed by atoms with Gasteiger partial charge in [-0.1, -0.05) is 6.07 Å². The molecule has 43 valence electrons. The van der Waals surface area contributed by atoms with Crippen LogP contribution in [0.3, 0.4) is 0 Å². The lowest BCUT2D eigenvalue weighted by Gasteiger charge is -1.78. The molecule has 0 amide bonds. The van der Waals surface area contributed by atoms with Gasteiger partial charge in [0.2, 0.25) is 0 Å². The van der Waals surface area contributed by atoms with Crippen LogP contribution in [0.2, 0.25) is 0 Å². The topological polar surface area (TPSA) is 26.0 Å². The van der Waals surface area contributed by atoms with Crippen LogP contribution < -0.4 is 0 Å². The molecule has 0 aliphatic rings. The Morgan fingerprint density at radius 3 is 3.56 bits per heavy atom. The summed E-state index contributed by atoms with van der Waals surface area (Å²) in [6.07, 6.45) is 1.43. The highest BCUT2D eigenvalue weighted by molar-refractivity contribution is 5.71. The van der Waals surface area contributed by atoms with Gasteiger partial charge in [0.15, 0.2) is 12.0 Å². The Bertz CT molecular complexity index is 288. The van der Waals surface area contributed by atoms with Crippen molar-refractivity contribution in [3.8, 4) is 0 Å². The van der Waals surface area contributed by atoms with Crippen LogP contribution in [0, 0.1) is 6.07 Å². The maximum absolute atomic E-state index is 4.99. The summed E-state index contributed by atoms with van der Waals surface area (Å²) in [5, 5.41) is 0. The molecule has 1 aromatic carbocycles. The van der Waals surface area contributed by atoms with Crippen LogP contribution >= 0.6 is 0 Å². The fourth-order valence-corrected chi connectivity index (χ4v) is 0.748. The number of hydrogen-bond acceptors (Lipinski definition) is 2. The van der Waals surface area contributed by atoms with E-state index in [1.807, 2.05) is 6.07 Å². The predicted molar refractivity (Wildman–Crippen MR) is 34.0 cm³/mol. The Hall–Kier alpha value is -1.31. The largest absolute Gasteiger partial charge is 1.00 e. The third kappa shape index (κ3) is 0.598. The van der Waals surface area contributed by atoms with E-state index in [2.05, 4.69) is 11.1 Å². The summed E-state index contributed by atoms with van der Waals surface area (Å²) in [4.78, 5) is 3.92. The Morgan fingerprint density at radius 2 is 2.67 bits per heavy atom. The first-order chi connectivity index (χ1) is 4.47. The van der Waals surface area contributed by atoms with Crippen LogP contribution in [0.25, 0.3) is 11.1 Å². The van der Waals surface area contributed by atoms with Crippen LogP contribution in [0.4, 0.5) is 0 Å². The van der Waals surface area contributed by atoms with E-state index >= 15 is 0 Å². The lowest BCUT2D eigenvalue weighted by atomic mass is 10.3. The Balaban J connectivity index is 0.000000500. The number of nitrogens with zero attached hydrogens (tertiary/aromatic N) is 1. The highest BCUT2D eigenvalue weighted by Gasteiger charge is 1.91. The van der Waals surface area contributed by atoms with Gasteiger partial charge in [-0.3, -0.25) is 0 Å². The van der Waals surface area contributed by atoms with Crippen molar-refractivity contribution >= 4 is 11.1 Å². The first kappa shape index (κ1) is 4.56. The van der Waals surface area contributed by atoms with Gasteiger partial charge in [0.25, 0.3) is 0 Å². The molecule has 0 saturated carbocycles. The second-order valence-electron chi connectivity index (χ2n) is 1.75. The molecule has 2 aromatic rings. The first-order valence-electron chi connectivity index (χ1n) is 2.66. The molecular weight excluding hydrogens is 114 g/mol. The van der Waals surface area contributed by atoms with Crippen molar-refractivity contribution in [2.75, 3.05) is 0 Å². The van der Waals surface area contributed by atoms with E-state index in [1.165, 1.54) is 6.39 Å². The van der Waals surface area contributed by atoms with Crippen molar-refractivity contribution < 1.29 is 5.84 Å². The molecule has 2 heteroatoms. The van der Waals surface area contributed by atoms with Gasteiger partial charge in [0, 0.05) is 0 Å². The molecule has 0 atom stereocenters. The SMILES string of the molecule is [H+].[c]1ccc2ocnc2c1. The van der Waals surface area contributed by atoms with Crippen molar-refractivity contribution in [3.63, 3.8) is 0 Å². The number of aromatic nitrogens is 1.